The molecule has 0 aliphatic heterocycles. The quantitative estimate of drug-likeness (QED) is 0.682. The second-order valence-electron chi connectivity index (χ2n) is 5.84. The van der Waals surface area contributed by atoms with Crippen molar-refractivity contribution in [2.45, 2.75) is 19.9 Å². The van der Waals surface area contributed by atoms with Gasteiger partial charge in [-0.2, -0.15) is 0 Å². The molecule has 0 unspecified atom stereocenters. The van der Waals surface area contributed by atoms with Crippen molar-refractivity contribution in [3.8, 4) is 5.75 Å². The fourth-order valence-electron chi connectivity index (χ4n) is 2.44. The number of hydrogen-bond donors (Lipinski definition) is 2. The third kappa shape index (κ3) is 6.71. The van der Waals surface area contributed by atoms with Crippen molar-refractivity contribution in [3.05, 3.63) is 65.7 Å². The van der Waals surface area contributed by atoms with Gasteiger partial charge in [-0.1, -0.05) is 36.4 Å². The highest BCUT2D eigenvalue weighted by Crippen LogP contribution is 2.13. The number of thiocarbonyl (C=S) groups is 1. The number of primary amides is 1. The standard InChI is InChI=1S/C20H23N3O3S/c1-2-26-17-10-6-9-16(13-17)19(25)22-20(27)23(12-11-18(21)24)14-15-7-4-3-5-8-15/h3-10,13H,2,11-12,14H2,1H3,(H2,21,24)(H,22,25,27). The van der Waals surface area contributed by atoms with E-state index in [1.165, 1.54) is 0 Å². The summed E-state index contributed by atoms with van der Waals surface area (Å²) in [6.07, 6.45) is 0.142. The first-order valence-corrected chi connectivity index (χ1v) is 9.05. The van der Waals surface area contributed by atoms with Crippen LogP contribution in [-0.2, 0) is 11.3 Å². The molecule has 0 aromatic heterocycles. The van der Waals surface area contributed by atoms with E-state index in [0.717, 1.165) is 5.56 Å². The summed E-state index contributed by atoms with van der Waals surface area (Å²) >= 11 is 5.40. The Labute approximate surface area is 164 Å². The number of ether oxygens (including phenoxy) is 1. The first kappa shape index (κ1) is 20.4. The van der Waals surface area contributed by atoms with Crippen molar-refractivity contribution in [2.75, 3.05) is 13.2 Å². The van der Waals surface area contributed by atoms with Crippen LogP contribution in [0.15, 0.2) is 54.6 Å². The highest BCUT2D eigenvalue weighted by atomic mass is 32.1. The van der Waals surface area contributed by atoms with Gasteiger partial charge in [-0.3, -0.25) is 14.9 Å². The molecular formula is C20H23N3O3S. The molecule has 0 atom stereocenters. The largest absolute Gasteiger partial charge is 0.494 e. The molecule has 2 amide bonds. The number of carbonyl (C=O) groups excluding carboxylic acids is 2. The Kier molecular flexibility index (Phi) is 7.76. The summed E-state index contributed by atoms with van der Waals surface area (Å²) in [5.41, 5.74) is 6.72. The molecule has 2 rings (SSSR count). The second-order valence-corrected chi connectivity index (χ2v) is 6.23. The van der Waals surface area contributed by atoms with Gasteiger partial charge in [0.1, 0.15) is 5.75 Å². The molecule has 0 saturated heterocycles. The average molecular weight is 385 g/mol. The fraction of sp³-hybridized carbons (Fsp3) is 0.250. The molecule has 0 heterocycles. The first-order chi connectivity index (χ1) is 13.0. The number of nitrogens with zero attached hydrogens (tertiary/aromatic N) is 1. The molecule has 2 aromatic rings. The molecule has 0 aliphatic carbocycles. The van der Waals surface area contributed by atoms with E-state index in [-0.39, 0.29) is 17.4 Å². The van der Waals surface area contributed by atoms with Crippen molar-refractivity contribution >= 4 is 29.1 Å². The monoisotopic (exact) mass is 385 g/mol. The maximum Gasteiger partial charge on any atom is 0.257 e. The summed E-state index contributed by atoms with van der Waals surface area (Å²) in [5.74, 6) is -0.142. The lowest BCUT2D eigenvalue weighted by atomic mass is 10.2. The average Bonchev–Trinajstić information content (AvgIpc) is 2.66. The zero-order chi connectivity index (χ0) is 19.6. The highest BCUT2D eigenvalue weighted by molar-refractivity contribution is 7.80. The lowest BCUT2D eigenvalue weighted by Gasteiger charge is -2.25. The molecule has 27 heavy (non-hydrogen) atoms. The normalized spacial score (nSPS) is 10.1. The van der Waals surface area contributed by atoms with Gasteiger partial charge in [0.05, 0.1) is 6.61 Å². The summed E-state index contributed by atoms with van der Waals surface area (Å²) in [6, 6.07) is 16.5. The van der Waals surface area contributed by atoms with Crippen molar-refractivity contribution < 1.29 is 14.3 Å². The van der Waals surface area contributed by atoms with Gasteiger partial charge in [0, 0.05) is 25.1 Å². The van der Waals surface area contributed by atoms with E-state index in [2.05, 4.69) is 5.32 Å². The Hall–Kier alpha value is -2.93. The summed E-state index contributed by atoms with van der Waals surface area (Å²) in [7, 11) is 0. The van der Waals surface area contributed by atoms with Gasteiger partial charge in [0.25, 0.3) is 5.91 Å². The minimum Gasteiger partial charge on any atom is -0.494 e. The van der Waals surface area contributed by atoms with Crippen LogP contribution in [0.4, 0.5) is 0 Å². The van der Waals surface area contributed by atoms with Gasteiger partial charge in [-0.05, 0) is 42.9 Å². The predicted molar refractivity (Wildman–Crippen MR) is 108 cm³/mol. The third-order valence-corrected chi connectivity index (χ3v) is 4.12. The molecule has 6 nitrogen and oxygen atoms in total. The fourth-order valence-corrected chi connectivity index (χ4v) is 2.69. The van der Waals surface area contributed by atoms with Crippen molar-refractivity contribution in [3.63, 3.8) is 0 Å². The van der Waals surface area contributed by atoms with Crippen LogP contribution in [0.25, 0.3) is 0 Å². The van der Waals surface area contributed by atoms with E-state index in [1.807, 2.05) is 37.3 Å². The smallest absolute Gasteiger partial charge is 0.257 e. The summed E-state index contributed by atoms with van der Waals surface area (Å²) < 4.78 is 5.42. The van der Waals surface area contributed by atoms with Crippen LogP contribution in [0.2, 0.25) is 0 Å². The van der Waals surface area contributed by atoms with E-state index in [4.69, 9.17) is 22.7 Å². The molecule has 3 N–H and O–H groups in total. The Morgan fingerprint density at radius 1 is 1.15 bits per heavy atom. The molecule has 0 aliphatic rings. The van der Waals surface area contributed by atoms with Crippen LogP contribution >= 0.6 is 12.2 Å². The van der Waals surface area contributed by atoms with Crippen LogP contribution in [0.5, 0.6) is 5.75 Å². The number of carbonyl (C=O) groups is 2. The zero-order valence-electron chi connectivity index (χ0n) is 15.2. The minimum absolute atomic E-state index is 0.142. The van der Waals surface area contributed by atoms with Gasteiger partial charge in [-0.15, -0.1) is 0 Å². The lowest BCUT2D eigenvalue weighted by molar-refractivity contribution is -0.118. The van der Waals surface area contributed by atoms with Gasteiger partial charge in [0.15, 0.2) is 5.11 Å². The second kappa shape index (κ2) is 10.3. The number of benzene rings is 2. The van der Waals surface area contributed by atoms with E-state index in [9.17, 15) is 9.59 Å². The maximum atomic E-state index is 12.5. The number of hydrogen-bond acceptors (Lipinski definition) is 4. The highest BCUT2D eigenvalue weighted by Gasteiger charge is 2.15. The van der Waals surface area contributed by atoms with Crippen molar-refractivity contribution in [2.24, 2.45) is 5.73 Å². The molecule has 0 radical (unpaired) electrons. The number of nitrogens with two attached hydrogens (primary N) is 1. The van der Waals surface area contributed by atoms with Crippen LogP contribution < -0.4 is 15.8 Å². The molecule has 142 valence electrons. The molecule has 2 aromatic carbocycles. The molecular weight excluding hydrogens is 362 g/mol. The predicted octanol–water partition coefficient (Wildman–Crippen LogP) is 2.48. The minimum atomic E-state index is -0.424. The van der Waals surface area contributed by atoms with Crippen LogP contribution in [-0.4, -0.2) is 35.0 Å². The first-order valence-electron chi connectivity index (χ1n) is 8.65. The number of amides is 2. The number of rotatable bonds is 8. The molecule has 7 heteroatoms. The van der Waals surface area contributed by atoms with Gasteiger partial charge in [-0.25, -0.2) is 0 Å². The Morgan fingerprint density at radius 3 is 2.56 bits per heavy atom. The Bertz CT molecular complexity index is 796. The maximum absolute atomic E-state index is 12.5. The molecule has 0 bridgehead atoms. The third-order valence-electron chi connectivity index (χ3n) is 3.76. The zero-order valence-corrected chi connectivity index (χ0v) is 16.0. The van der Waals surface area contributed by atoms with E-state index >= 15 is 0 Å². The van der Waals surface area contributed by atoms with E-state index in [1.54, 1.807) is 29.2 Å². The lowest BCUT2D eigenvalue weighted by Crippen LogP contribution is -2.43. The van der Waals surface area contributed by atoms with Gasteiger partial charge >= 0.3 is 0 Å². The van der Waals surface area contributed by atoms with Crippen LogP contribution in [0, 0.1) is 0 Å². The Balaban J connectivity index is 2.08. The van der Waals surface area contributed by atoms with E-state index in [0.29, 0.717) is 31.0 Å². The SMILES string of the molecule is CCOc1cccc(C(=O)NC(=S)N(CCC(N)=O)Cc2ccccc2)c1. The summed E-state index contributed by atoms with van der Waals surface area (Å²) in [4.78, 5) is 25.5. The van der Waals surface area contributed by atoms with Crippen molar-refractivity contribution in [1.82, 2.24) is 10.2 Å². The van der Waals surface area contributed by atoms with Crippen LogP contribution in [0.1, 0.15) is 29.3 Å². The molecule has 0 spiro atoms. The topological polar surface area (TPSA) is 84.7 Å². The van der Waals surface area contributed by atoms with E-state index < -0.39 is 5.91 Å². The van der Waals surface area contributed by atoms with Gasteiger partial charge < -0.3 is 15.4 Å². The van der Waals surface area contributed by atoms with Crippen molar-refractivity contribution in [1.29, 1.82) is 0 Å². The Morgan fingerprint density at radius 2 is 1.89 bits per heavy atom. The molecule has 0 saturated carbocycles. The molecule has 0 fully saturated rings. The van der Waals surface area contributed by atoms with Crippen LogP contribution in [0.3, 0.4) is 0 Å². The number of nitrogens with one attached hydrogen (secondary N) is 1. The summed E-state index contributed by atoms with van der Waals surface area (Å²) in [5, 5.41) is 2.96. The van der Waals surface area contributed by atoms with Gasteiger partial charge in [0.2, 0.25) is 5.91 Å². The summed E-state index contributed by atoms with van der Waals surface area (Å²) in [6.45, 7) is 3.18.